The minimum atomic E-state index is 0.0136. The maximum Gasteiger partial charge on any atom is 0.225 e. The number of aryl methyl sites for hydroxylation is 1. The van der Waals surface area contributed by atoms with Crippen LogP contribution in [0.15, 0.2) is 22.2 Å². The molecule has 5 nitrogen and oxygen atoms in total. The van der Waals surface area contributed by atoms with E-state index < -0.39 is 0 Å². The Bertz CT molecular complexity index is 559. The van der Waals surface area contributed by atoms with Gasteiger partial charge in [-0.05, 0) is 22.9 Å². The molecule has 0 radical (unpaired) electrons. The van der Waals surface area contributed by atoms with Crippen molar-refractivity contribution < 1.29 is 4.74 Å². The minimum Gasteiger partial charge on any atom is -0.367 e. The summed E-state index contributed by atoms with van der Waals surface area (Å²) in [4.78, 5) is 15.3. The van der Waals surface area contributed by atoms with Gasteiger partial charge in [0.25, 0.3) is 0 Å². The number of morpholine rings is 1. The van der Waals surface area contributed by atoms with Gasteiger partial charge in [-0.25, -0.2) is 15.0 Å². The van der Waals surface area contributed by atoms with Crippen molar-refractivity contribution in [1.82, 2.24) is 15.0 Å². The number of hydrogen-bond donors (Lipinski definition) is 0. The van der Waals surface area contributed by atoms with E-state index in [1.54, 1.807) is 23.7 Å². The molecule has 7 heteroatoms. The average Bonchev–Trinajstić information content (AvgIpc) is 2.86. The number of halogens is 1. The van der Waals surface area contributed by atoms with E-state index in [4.69, 9.17) is 4.74 Å². The van der Waals surface area contributed by atoms with E-state index in [2.05, 4.69) is 35.8 Å². The first-order valence-corrected chi connectivity index (χ1v) is 7.66. The third kappa shape index (κ3) is 2.93. The van der Waals surface area contributed by atoms with Crippen LogP contribution in [-0.4, -0.2) is 34.6 Å². The monoisotopic (exact) mass is 340 g/mol. The predicted molar refractivity (Wildman–Crippen MR) is 77.5 cm³/mol. The lowest BCUT2D eigenvalue weighted by atomic mass is 10.3. The number of ether oxygens (including phenoxy) is 1. The van der Waals surface area contributed by atoms with Crippen molar-refractivity contribution in [2.45, 2.75) is 13.0 Å². The van der Waals surface area contributed by atoms with Crippen molar-refractivity contribution in [3.05, 3.63) is 32.9 Å². The lowest BCUT2D eigenvalue weighted by Gasteiger charge is -2.31. The van der Waals surface area contributed by atoms with Crippen molar-refractivity contribution in [3.8, 4) is 0 Å². The molecule has 19 heavy (non-hydrogen) atoms. The molecule has 0 N–H and O–H groups in total. The molecule has 2 aromatic rings. The van der Waals surface area contributed by atoms with E-state index in [1.807, 2.05) is 12.3 Å². The average molecular weight is 341 g/mol. The lowest BCUT2D eigenvalue weighted by Crippen LogP contribution is -2.39. The number of anilines is 1. The van der Waals surface area contributed by atoms with Crippen molar-refractivity contribution in [2.24, 2.45) is 0 Å². The van der Waals surface area contributed by atoms with Gasteiger partial charge in [0.15, 0.2) is 0 Å². The fourth-order valence-corrected chi connectivity index (χ4v) is 3.01. The Morgan fingerprint density at radius 1 is 1.42 bits per heavy atom. The topological polar surface area (TPSA) is 51.1 Å². The van der Waals surface area contributed by atoms with Crippen LogP contribution in [0.2, 0.25) is 0 Å². The maximum atomic E-state index is 5.79. The Hall–Kier alpha value is -1.05. The molecular weight excluding hydrogens is 328 g/mol. The molecule has 1 saturated heterocycles. The van der Waals surface area contributed by atoms with Gasteiger partial charge < -0.3 is 9.64 Å². The van der Waals surface area contributed by atoms with Crippen LogP contribution < -0.4 is 4.90 Å². The van der Waals surface area contributed by atoms with E-state index in [0.717, 1.165) is 34.2 Å². The number of rotatable bonds is 2. The highest BCUT2D eigenvalue weighted by molar-refractivity contribution is 9.10. The van der Waals surface area contributed by atoms with Crippen LogP contribution in [0.25, 0.3) is 0 Å². The van der Waals surface area contributed by atoms with Gasteiger partial charge >= 0.3 is 0 Å². The Morgan fingerprint density at radius 3 is 2.89 bits per heavy atom. The summed E-state index contributed by atoms with van der Waals surface area (Å²) in [5.74, 6) is 0.741. The summed E-state index contributed by atoms with van der Waals surface area (Å²) in [6.45, 7) is 4.22. The highest BCUT2D eigenvalue weighted by Crippen LogP contribution is 2.26. The molecule has 0 bridgehead atoms. The first kappa shape index (κ1) is 13.0. The molecule has 0 aromatic carbocycles. The number of aromatic nitrogens is 3. The Kier molecular flexibility index (Phi) is 3.76. The summed E-state index contributed by atoms with van der Waals surface area (Å²) in [6, 6.07) is 0. The summed E-state index contributed by atoms with van der Waals surface area (Å²) >= 11 is 4.99. The van der Waals surface area contributed by atoms with Gasteiger partial charge in [-0.1, -0.05) is 0 Å². The molecule has 3 rings (SSSR count). The van der Waals surface area contributed by atoms with Crippen LogP contribution >= 0.6 is 27.3 Å². The summed E-state index contributed by atoms with van der Waals surface area (Å²) < 4.78 is 6.68. The van der Waals surface area contributed by atoms with Gasteiger partial charge in [-0.15, -0.1) is 11.3 Å². The normalized spacial score (nSPS) is 19.7. The van der Waals surface area contributed by atoms with Crippen LogP contribution in [-0.2, 0) is 4.74 Å². The van der Waals surface area contributed by atoms with Crippen molar-refractivity contribution in [3.63, 3.8) is 0 Å². The zero-order chi connectivity index (χ0) is 13.2. The molecule has 1 atom stereocenters. The zero-order valence-corrected chi connectivity index (χ0v) is 12.8. The summed E-state index contributed by atoms with van der Waals surface area (Å²) in [5.41, 5.74) is 1.04. The van der Waals surface area contributed by atoms with E-state index in [9.17, 15) is 0 Å². The van der Waals surface area contributed by atoms with E-state index in [-0.39, 0.29) is 6.10 Å². The van der Waals surface area contributed by atoms with Crippen molar-refractivity contribution in [2.75, 3.05) is 24.6 Å². The van der Waals surface area contributed by atoms with Crippen LogP contribution in [0.1, 0.15) is 16.8 Å². The first-order valence-electron chi connectivity index (χ1n) is 5.98. The van der Waals surface area contributed by atoms with Gasteiger partial charge in [-0.3, -0.25) is 0 Å². The molecule has 3 heterocycles. The summed E-state index contributed by atoms with van der Waals surface area (Å²) in [5, 5.41) is 3.08. The third-order valence-corrected chi connectivity index (χ3v) is 4.33. The molecule has 0 amide bonds. The molecule has 100 valence electrons. The number of thiazole rings is 1. The van der Waals surface area contributed by atoms with Crippen molar-refractivity contribution >= 4 is 33.2 Å². The van der Waals surface area contributed by atoms with Crippen LogP contribution in [0.5, 0.6) is 0 Å². The van der Waals surface area contributed by atoms with Crippen LogP contribution in [0.4, 0.5) is 5.95 Å². The fraction of sp³-hybridized carbons (Fsp3) is 0.417. The van der Waals surface area contributed by atoms with E-state index >= 15 is 0 Å². The molecule has 2 aromatic heterocycles. The highest BCUT2D eigenvalue weighted by Gasteiger charge is 2.25. The molecule has 0 spiro atoms. The summed E-state index contributed by atoms with van der Waals surface area (Å²) in [7, 11) is 0. The predicted octanol–water partition coefficient (Wildman–Crippen LogP) is 2.58. The lowest BCUT2D eigenvalue weighted by molar-refractivity contribution is 0.0390. The Labute approximate surface area is 123 Å². The van der Waals surface area contributed by atoms with Gasteiger partial charge in [0.05, 0.1) is 17.6 Å². The standard InChI is InChI=1S/C12H13BrN4OS/c1-8-7-19-11(16-8)10-6-17(2-3-18-10)12-14-4-9(13)5-15-12/h4-5,7,10H,2-3,6H2,1H3/t10-/m1/s1. The van der Waals surface area contributed by atoms with Crippen LogP contribution in [0, 0.1) is 6.92 Å². The second-order valence-corrected chi connectivity index (χ2v) is 6.14. The minimum absolute atomic E-state index is 0.0136. The fourth-order valence-electron chi connectivity index (χ4n) is 1.97. The van der Waals surface area contributed by atoms with Crippen LogP contribution in [0.3, 0.4) is 0 Å². The maximum absolute atomic E-state index is 5.79. The molecule has 1 aliphatic heterocycles. The van der Waals surface area contributed by atoms with Gasteiger partial charge in [0.2, 0.25) is 5.95 Å². The molecule has 0 aliphatic carbocycles. The van der Waals surface area contributed by atoms with Gasteiger partial charge in [-0.2, -0.15) is 0 Å². The second kappa shape index (κ2) is 5.52. The van der Waals surface area contributed by atoms with Gasteiger partial charge in [0, 0.05) is 30.0 Å². The molecule has 0 saturated carbocycles. The zero-order valence-electron chi connectivity index (χ0n) is 10.4. The Morgan fingerprint density at radius 2 is 2.21 bits per heavy atom. The second-order valence-electron chi connectivity index (χ2n) is 4.33. The number of nitrogens with zero attached hydrogens (tertiary/aromatic N) is 4. The molecular formula is C12H13BrN4OS. The molecule has 1 aliphatic rings. The smallest absolute Gasteiger partial charge is 0.225 e. The largest absolute Gasteiger partial charge is 0.367 e. The van der Waals surface area contributed by atoms with Crippen molar-refractivity contribution in [1.29, 1.82) is 0 Å². The first-order chi connectivity index (χ1) is 9.22. The SMILES string of the molecule is Cc1csc([C@H]2CN(c3ncc(Br)cn3)CCO2)n1. The van der Waals surface area contributed by atoms with Gasteiger partial charge in [0.1, 0.15) is 11.1 Å². The Balaban J connectivity index is 1.76. The number of hydrogen-bond acceptors (Lipinski definition) is 6. The molecule has 0 unspecified atom stereocenters. The van der Waals surface area contributed by atoms with E-state index in [1.165, 1.54) is 0 Å². The van der Waals surface area contributed by atoms with E-state index in [0.29, 0.717) is 6.61 Å². The molecule has 1 fully saturated rings. The highest BCUT2D eigenvalue weighted by atomic mass is 79.9. The third-order valence-electron chi connectivity index (χ3n) is 2.87. The quantitative estimate of drug-likeness (QED) is 0.840. The summed E-state index contributed by atoms with van der Waals surface area (Å²) in [6.07, 6.45) is 3.54.